The van der Waals surface area contributed by atoms with Gasteiger partial charge < -0.3 is 10.5 Å². The van der Waals surface area contributed by atoms with Gasteiger partial charge in [0.1, 0.15) is 0 Å². The van der Waals surface area contributed by atoms with Crippen LogP contribution in [0.25, 0.3) is 0 Å². The summed E-state index contributed by atoms with van der Waals surface area (Å²) < 4.78 is 5.36. The minimum atomic E-state index is 0.0994. The lowest BCUT2D eigenvalue weighted by Crippen LogP contribution is -2.40. The van der Waals surface area contributed by atoms with Crippen molar-refractivity contribution in [3.63, 3.8) is 0 Å². The maximum absolute atomic E-state index is 6.36. The average molecular weight is 248 g/mol. The summed E-state index contributed by atoms with van der Waals surface area (Å²) in [6.45, 7) is 11.0. The highest BCUT2D eigenvalue weighted by Gasteiger charge is 2.16. The van der Waals surface area contributed by atoms with Gasteiger partial charge in [-0.25, -0.2) is 0 Å². The van der Waals surface area contributed by atoms with E-state index in [1.54, 1.807) is 0 Å². The Morgan fingerprint density at radius 2 is 1.72 bits per heavy atom. The van der Waals surface area contributed by atoms with Gasteiger partial charge in [-0.2, -0.15) is 0 Å². The Bertz CT molecular complexity index is 411. The van der Waals surface area contributed by atoms with Crippen molar-refractivity contribution >= 4 is 0 Å². The van der Waals surface area contributed by atoms with Gasteiger partial charge in [-0.1, -0.05) is 12.1 Å². The molecule has 1 aliphatic heterocycles. The second kappa shape index (κ2) is 5.83. The van der Waals surface area contributed by atoms with Gasteiger partial charge in [-0.15, -0.1) is 0 Å². The molecule has 2 N–H and O–H groups in total. The molecule has 18 heavy (non-hydrogen) atoms. The van der Waals surface area contributed by atoms with Crippen LogP contribution in [0.2, 0.25) is 0 Å². The average Bonchev–Trinajstić information content (AvgIpc) is 2.35. The van der Waals surface area contributed by atoms with Crippen molar-refractivity contribution in [3.8, 4) is 0 Å². The summed E-state index contributed by atoms with van der Waals surface area (Å²) in [6.07, 6.45) is 0. The molecule has 3 heteroatoms. The van der Waals surface area contributed by atoms with Crippen molar-refractivity contribution < 1.29 is 4.74 Å². The second-order valence-electron chi connectivity index (χ2n) is 5.31. The van der Waals surface area contributed by atoms with Crippen LogP contribution in [0.15, 0.2) is 12.1 Å². The Morgan fingerprint density at radius 1 is 1.11 bits per heavy atom. The molecule has 1 fully saturated rings. The van der Waals surface area contributed by atoms with Gasteiger partial charge in [0, 0.05) is 25.7 Å². The van der Waals surface area contributed by atoms with Crippen LogP contribution < -0.4 is 5.73 Å². The molecule has 0 aromatic heterocycles. The number of nitrogens with zero attached hydrogens (tertiary/aromatic N) is 1. The van der Waals surface area contributed by atoms with E-state index in [-0.39, 0.29) is 6.04 Å². The fourth-order valence-corrected chi connectivity index (χ4v) is 2.54. The Kier molecular flexibility index (Phi) is 4.38. The van der Waals surface area contributed by atoms with Gasteiger partial charge in [0.25, 0.3) is 0 Å². The summed E-state index contributed by atoms with van der Waals surface area (Å²) >= 11 is 0. The molecule has 1 saturated heterocycles. The van der Waals surface area contributed by atoms with Crippen LogP contribution in [0.1, 0.15) is 28.3 Å². The molecule has 1 aromatic rings. The normalized spacial score (nSPS) is 18.9. The van der Waals surface area contributed by atoms with E-state index >= 15 is 0 Å². The molecule has 0 spiro atoms. The molecule has 2 rings (SSSR count). The Morgan fingerprint density at radius 3 is 2.39 bits per heavy atom. The van der Waals surface area contributed by atoms with Gasteiger partial charge >= 0.3 is 0 Å². The predicted octanol–water partition coefficient (Wildman–Crippen LogP) is 1.94. The first-order valence-electron chi connectivity index (χ1n) is 6.71. The van der Waals surface area contributed by atoms with Crippen molar-refractivity contribution in [2.75, 3.05) is 32.8 Å². The number of hydrogen-bond acceptors (Lipinski definition) is 3. The van der Waals surface area contributed by atoms with Crippen LogP contribution in [0.5, 0.6) is 0 Å². The van der Waals surface area contributed by atoms with Gasteiger partial charge in [0.15, 0.2) is 0 Å². The van der Waals surface area contributed by atoms with Crippen LogP contribution in [-0.4, -0.2) is 37.7 Å². The highest BCUT2D eigenvalue weighted by atomic mass is 16.5. The minimum Gasteiger partial charge on any atom is -0.379 e. The first kappa shape index (κ1) is 13.5. The fraction of sp³-hybridized carbons (Fsp3) is 0.600. The quantitative estimate of drug-likeness (QED) is 0.888. The highest BCUT2D eigenvalue weighted by molar-refractivity contribution is 5.38. The summed E-state index contributed by atoms with van der Waals surface area (Å²) in [6, 6.07) is 4.59. The monoisotopic (exact) mass is 248 g/mol. The summed E-state index contributed by atoms with van der Waals surface area (Å²) in [7, 11) is 0. The predicted molar refractivity (Wildman–Crippen MR) is 74.8 cm³/mol. The molecule has 0 saturated carbocycles. The standard InChI is InChI=1S/C15H24N2O/c1-11-8-13(3)14(9-12(11)2)15(16)10-17-4-6-18-7-5-17/h8-9,15H,4-7,10,16H2,1-3H3. The molecular weight excluding hydrogens is 224 g/mol. The van der Waals surface area contributed by atoms with Crippen molar-refractivity contribution in [2.45, 2.75) is 26.8 Å². The van der Waals surface area contributed by atoms with Gasteiger partial charge in [0.05, 0.1) is 13.2 Å². The fourth-order valence-electron chi connectivity index (χ4n) is 2.54. The maximum Gasteiger partial charge on any atom is 0.0594 e. The molecular formula is C15H24N2O. The van der Waals surface area contributed by atoms with E-state index in [4.69, 9.17) is 10.5 Å². The number of nitrogens with two attached hydrogens (primary N) is 1. The van der Waals surface area contributed by atoms with Crippen LogP contribution in [0, 0.1) is 20.8 Å². The van der Waals surface area contributed by atoms with E-state index in [0.29, 0.717) is 0 Å². The lowest BCUT2D eigenvalue weighted by atomic mass is 9.96. The first-order chi connectivity index (χ1) is 8.58. The molecule has 1 aromatic carbocycles. The summed E-state index contributed by atoms with van der Waals surface area (Å²) in [5.74, 6) is 0. The van der Waals surface area contributed by atoms with Crippen molar-refractivity contribution in [2.24, 2.45) is 5.73 Å². The van der Waals surface area contributed by atoms with Crippen LogP contribution in [0.4, 0.5) is 0 Å². The zero-order chi connectivity index (χ0) is 13.1. The lowest BCUT2D eigenvalue weighted by Gasteiger charge is -2.29. The van der Waals surface area contributed by atoms with E-state index in [1.807, 2.05) is 0 Å². The van der Waals surface area contributed by atoms with Crippen molar-refractivity contribution in [1.82, 2.24) is 4.90 Å². The Labute approximate surface area is 110 Å². The van der Waals surface area contributed by atoms with E-state index in [9.17, 15) is 0 Å². The third kappa shape index (κ3) is 3.10. The van der Waals surface area contributed by atoms with Crippen LogP contribution in [-0.2, 0) is 4.74 Å². The molecule has 1 heterocycles. The molecule has 0 aliphatic carbocycles. The smallest absolute Gasteiger partial charge is 0.0594 e. The molecule has 0 amide bonds. The SMILES string of the molecule is Cc1cc(C)c(C(N)CN2CCOCC2)cc1C. The number of benzene rings is 1. The topological polar surface area (TPSA) is 38.5 Å². The van der Waals surface area contributed by atoms with E-state index in [0.717, 1.165) is 32.8 Å². The van der Waals surface area contributed by atoms with Crippen molar-refractivity contribution in [3.05, 3.63) is 34.4 Å². The van der Waals surface area contributed by atoms with Crippen molar-refractivity contribution in [1.29, 1.82) is 0 Å². The van der Waals surface area contributed by atoms with Crippen LogP contribution >= 0.6 is 0 Å². The third-order valence-electron chi connectivity index (χ3n) is 3.84. The minimum absolute atomic E-state index is 0.0994. The maximum atomic E-state index is 6.36. The van der Waals surface area contributed by atoms with E-state index < -0.39 is 0 Å². The zero-order valence-electron chi connectivity index (χ0n) is 11.7. The largest absolute Gasteiger partial charge is 0.379 e. The summed E-state index contributed by atoms with van der Waals surface area (Å²) in [5.41, 5.74) is 11.6. The van der Waals surface area contributed by atoms with Gasteiger partial charge in [0.2, 0.25) is 0 Å². The first-order valence-corrected chi connectivity index (χ1v) is 6.71. The zero-order valence-corrected chi connectivity index (χ0v) is 11.7. The lowest BCUT2D eigenvalue weighted by molar-refractivity contribution is 0.0352. The molecule has 1 atom stereocenters. The summed E-state index contributed by atoms with van der Waals surface area (Å²) in [5, 5.41) is 0. The number of morpholine rings is 1. The van der Waals surface area contributed by atoms with E-state index in [2.05, 4.69) is 37.8 Å². The number of aryl methyl sites for hydroxylation is 3. The van der Waals surface area contributed by atoms with Crippen LogP contribution in [0.3, 0.4) is 0 Å². The Hall–Kier alpha value is -0.900. The summed E-state index contributed by atoms with van der Waals surface area (Å²) in [4.78, 5) is 2.39. The molecule has 0 bridgehead atoms. The molecule has 0 radical (unpaired) electrons. The molecule has 1 aliphatic rings. The molecule has 3 nitrogen and oxygen atoms in total. The number of rotatable bonds is 3. The number of hydrogen-bond donors (Lipinski definition) is 1. The molecule has 100 valence electrons. The highest BCUT2D eigenvalue weighted by Crippen LogP contribution is 2.21. The van der Waals surface area contributed by atoms with E-state index in [1.165, 1.54) is 22.3 Å². The second-order valence-corrected chi connectivity index (χ2v) is 5.31. The molecule has 1 unspecified atom stereocenters. The Balaban J connectivity index is 2.08. The van der Waals surface area contributed by atoms with Gasteiger partial charge in [-0.3, -0.25) is 4.90 Å². The van der Waals surface area contributed by atoms with Gasteiger partial charge in [-0.05, 0) is 43.0 Å². The number of ether oxygens (including phenoxy) is 1. The third-order valence-corrected chi connectivity index (χ3v) is 3.84.